The van der Waals surface area contributed by atoms with Gasteiger partial charge >= 0.3 is 0 Å². The fraction of sp³-hybridized carbons (Fsp3) is 0.714. The lowest BCUT2D eigenvalue weighted by molar-refractivity contribution is 0.728. The third-order valence-electron chi connectivity index (χ3n) is 0.992. The Kier molecular flexibility index (Phi) is 7.37. The van der Waals surface area contributed by atoms with Crippen molar-refractivity contribution in [3.8, 4) is 0 Å². The Morgan fingerprint density at radius 1 is 1.44 bits per heavy atom. The Balaban J connectivity index is 2.82. The van der Waals surface area contributed by atoms with Crippen LogP contribution in [0.15, 0.2) is 12.2 Å². The molecular weight excluding hydrogens is 112 g/mol. The quantitative estimate of drug-likeness (QED) is 0.418. The molecule has 0 saturated heterocycles. The van der Waals surface area contributed by atoms with E-state index in [0.717, 1.165) is 13.1 Å². The number of rotatable bonds is 5. The summed E-state index contributed by atoms with van der Waals surface area (Å²) in [4.78, 5) is 0. The molecule has 0 aromatic carbocycles. The van der Waals surface area contributed by atoms with Gasteiger partial charge in [-0.05, 0) is 13.0 Å². The van der Waals surface area contributed by atoms with Gasteiger partial charge in [-0.15, -0.1) is 0 Å². The van der Waals surface area contributed by atoms with Gasteiger partial charge in [0.2, 0.25) is 0 Å². The standard InChI is InChI=1S/C7H16N2/c1-2-6-9-7-4-3-5-8/h3-4,9H,2,5-8H2,1H3/b4-3+. The van der Waals surface area contributed by atoms with Crippen LogP contribution in [0.25, 0.3) is 0 Å². The fourth-order valence-electron chi connectivity index (χ4n) is 0.542. The summed E-state index contributed by atoms with van der Waals surface area (Å²) < 4.78 is 0. The molecule has 0 bridgehead atoms. The van der Waals surface area contributed by atoms with Crippen molar-refractivity contribution < 1.29 is 0 Å². The van der Waals surface area contributed by atoms with Crippen molar-refractivity contribution in [3.63, 3.8) is 0 Å². The van der Waals surface area contributed by atoms with Crippen LogP contribution in [0.1, 0.15) is 13.3 Å². The third-order valence-corrected chi connectivity index (χ3v) is 0.992. The van der Waals surface area contributed by atoms with Gasteiger partial charge in [0.05, 0.1) is 0 Å². The summed E-state index contributed by atoms with van der Waals surface area (Å²) in [7, 11) is 0. The Labute approximate surface area is 57.1 Å². The Morgan fingerprint density at radius 3 is 2.78 bits per heavy atom. The summed E-state index contributed by atoms with van der Waals surface area (Å²) in [6.07, 6.45) is 5.20. The van der Waals surface area contributed by atoms with Gasteiger partial charge in [0, 0.05) is 13.1 Å². The van der Waals surface area contributed by atoms with E-state index in [1.54, 1.807) is 0 Å². The highest BCUT2D eigenvalue weighted by Gasteiger charge is 1.75. The number of nitrogens with one attached hydrogen (secondary N) is 1. The van der Waals surface area contributed by atoms with Crippen LogP contribution in [-0.4, -0.2) is 19.6 Å². The largest absolute Gasteiger partial charge is 0.327 e. The molecule has 0 saturated carbocycles. The van der Waals surface area contributed by atoms with Crippen molar-refractivity contribution in [2.45, 2.75) is 13.3 Å². The molecule has 9 heavy (non-hydrogen) atoms. The summed E-state index contributed by atoms with van der Waals surface area (Å²) in [5.41, 5.74) is 5.23. The van der Waals surface area contributed by atoms with Gasteiger partial charge in [-0.1, -0.05) is 19.1 Å². The number of hydrogen-bond donors (Lipinski definition) is 2. The van der Waals surface area contributed by atoms with Crippen LogP contribution in [0.3, 0.4) is 0 Å². The van der Waals surface area contributed by atoms with Gasteiger partial charge in [-0.2, -0.15) is 0 Å². The number of nitrogens with two attached hydrogens (primary N) is 1. The third kappa shape index (κ3) is 7.66. The van der Waals surface area contributed by atoms with E-state index < -0.39 is 0 Å². The summed E-state index contributed by atoms with van der Waals surface area (Å²) in [5, 5.41) is 3.23. The van der Waals surface area contributed by atoms with E-state index in [0.29, 0.717) is 6.54 Å². The van der Waals surface area contributed by atoms with E-state index in [4.69, 9.17) is 5.73 Å². The van der Waals surface area contributed by atoms with Crippen LogP contribution in [0.5, 0.6) is 0 Å². The highest BCUT2D eigenvalue weighted by atomic mass is 14.8. The van der Waals surface area contributed by atoms with E-state index >= 15 is 0 Å². The monoisotopic (exact) mass is 128 g/mol. The maximum absolute atomic E-state index is 5.23. The molecule has 0 aliphatic heterocycles. The first-order valence-electron chi connectivity index (χ1n) is 3.47. The highest BCUT2D eigenvalue weighted by Crippen LogP contribution is 1.70. The minimum atomic E-state index is 0.647. The Bertz CT molecular complexity index is 69.3. The van der Waals surface area contributed by atoms with Crippen molar-refractivity contribution >= 4 is 0 Å². The molecule has 0 aliphatic carbocycles. The molecule has 0 spiro atoms. The lowest BCUT2D eigenvalue weighted by Crippen LogP contribution is -2.14. The van der Waals surface area contributed by atoms with Gasteiger partial charge in [0.1, 0.15) is 0 Å². The molecule has 0 aromatic rings. The molecule has 2 heteroatoms. The minimum absolute atomic E-state index is 0.647. The van der Waals surface area contributed by atoms with Crippen LogP contribution in [0, 0.1) is 0 Å². The van der Waals surface area contributed by atoms with E-state index in [1.807, 2.05) is 6.08 Å². The van der Waals surface area contributed by atoms with Crippen LogP contribution < -0.4 is 11.1 Å². The molecule has 2 nitrogen and oxygen atoms in total. The molecule has 0 fully saturated rings. The zero-order valence-electron chi connectivity index (χ0n) is 6.06. The summed E-state index contributed by atoms with van der Waals surface area (Å²) in [6.45, 7) is 4.84. The van der Waals surface area contributed by atoms with Crippen LogP contribution in [0.2, 0.25) is 0 Å². The molecule has 0 heterocycles. The second-order valence-corrected chi connectivity index (χ2v) is 1.91. The molecule has 0 atom stereocenters. The normalized spacial score (nSPS) is 10.9. The first-order valence-corrected chi connectivity index (χ1v) is 3.47. The molecule has 0 radical (unpaired) electrons. The van der Waals surface area contributed by atoms with Crippen LogP contribution >= 0.6 is 0 Å². The smallest absolute Gasteiger partial charge is 0.0135 e. The van der Waals surface area contributed by atoms with Crippen molar-refractivity contribution in [1.29, 1.82) is 0 Å². The predicted molar refractivity (Wildman–Crippen MR) is 41.4 cm³/mol. The average Bonchev–Trinajstić information content (AvgIpc) is 1.89. The molecule has 54 valence electrons. The maximum Gasteiger partial charge on any atom is 0.0135 e. The topological polar surface area (TPSA) is 38.0 Å². The Hall–Kier alpha value is -0.340. The second-order valence-electron chi connectivity index (χ2n) is 1.91. The second kappa shape index (κ2) is 7.66. The molecule has 0 unspecified atom stereocenters. The van der Waals surface area contributed by atoms with Gasteiger partial charge in [0.15, 0.2) is 0 Å². The van der Waals surface area contributed by atoms with Crippen molar-refractivity contribution in [2.24, 2.45) is 5.73 Å². The number of hydrogen-bond acceptors (Lipinski definition) is 2. The van der Waals surface area contributed by atoms with E-state index in [1.165, 1.54) is 6.42 Å². The summed E-state index contributed by atoms with van der Waals surface area (Å²) in [6, 6.07) is 0. The summed E-state index contributed by atoms with van der Waals surface area (Å²) in [5.74, 6) is 0. The Morgan fingerprint density at radius 2 is 2.22 bits per heavy atom. The lowest BCUT2D eigenvalue weighted by Gasteiger charge is -1.94. The highest BCUT2D eigenvalue weighted by molar-refractivity contribution is 4.84. The van der Waals surface area contributed by atoms with Gasteiger partial charge in [-0.3, -0.25) is 0 Å². The zero-order chi connectivity index (χ0) is 6.95. The molecule has 0 rings (SSSR count). The van der Waals surface area contributed by atoms with Crippen molar-refractivity contribution in [3.05, 3.63) is 12.2 Å². The lowest BCUT2D eigenvalue weighted by atomic mass is 10.4. The van der Waals surface area contributed by atoms with Crippen LogP contribution in [-0.2, 0) is 0 Å². The van der Waals surface area contributed by atoms with Gasteiger partial charge < -0.3 is 11.1 Å². The molecule has 0 amide bonds. The van der Waals surface area contributed by atoms with Gasteiger partial charge in [0.25, 0.3) is 0 Å². The van der Waals surface area contributed by atoms with Gasteiger partial charge in [-0.25, -0.2) is 0 Å². The molecule has 0 aliphatic rings. The predicted octanol–water partition coefficient (Wildman–Crippen LogP) is 0.501. The molecule has 0 aromatic heterocycles. The summed E-state index contributed by atoms with van der Waals surface area (Å²) >= 11 is 0. The van der Waals surface area contributed by atoms with Crippen molar-refractivity contribution in [1.82, 2.24) is 5.32 Å². The molecular formula is C7H16N2. The zero-order valence-corrected chi connectivity index (χ0v) is 6.06. The van der Waals surface area contributed by atoms with E-state index in [-0.39, 0.29) is 0 Å². The first kappa shape index (κ1) is 8.66. The van der Waals surface area contributed by atoms with E-state index in [9.17, 15) is 0 Å². The molecule has 3 N–H and O–H groups in total. The van der Waals surface area contributed by atoms with Crippen LogP contribution in [0.4, 0.5) is 0 Å². The van der Waals surface area contributed by atoms with E-state index in [2.05, 4.69) is 18.3 Å². The fourth-order valence-corrected chi connectivity index (χ4v) is 0.542. The maximum atomic E-state index is 5.23. The average molecular weight is 128 g/mol. The SMILES string of the molecule is CCCNC/C=C/CN. The first-order chi connectivity index (χ1) is 4.41. The minimum Gasteiger partial charge on any atom is -0.327 e. The van der Waals surface area contributed by atoms with Crippen molar-refractivity contribution in [2.75, 3.05) is 19.6 Å².